The molecule has 0 heterocycles. The van der Waals surface area contributed by atoms with E-state index in [4.69, 9.17) is 86.1 Å². The maximum atomic E-state index is 10.1. The molecule has 0 fully saturated rings. The Morgan fingerprint density at radius 1 is 0.167 bits per heavy atom. The molecule has 0 aliphatic carbocycles. The monoisotopic (exact) mass is 2380 g/mol. The number of rotatable bonds is 0. The van der Waals surface area contributed by atoms with Crippen LogP contribution in [0.3, 0.4) is 0 Å². The summed E-state index contributed by atoms with van der Waals surface area (Å²) < 4.78 is 111. The molecule has 0 atom stereocenters. The molecule has 0 radical (unpaired) electrons. The maximum absolute atomic E-state index is 10.1. The van der Waals surface area contributed by atoms with Crippen molar-refractivity contribution in [2.45, 2.75) is 0 Å². The van der Waals surface area contributed by atoms with Crippen LogP contribution in [0.4, 0.5) is 25.2 Å². The molecular weight excluding hydrogens is 2300 g/mol. The molecule has 0 aromatic rings. The SMILES string of the molecule is O=P([O-])([O-])F.O=P([O-])([O-])F.O=P([O-])([O-])F.O=P([O-])([O-])F.O=P([O-])([O-])F.O=P([O-])([O-])F.[CH3-].[CH3-].[CH3-].[CH3-].[CH3-].[CH3-].[CH3-].[CH3-].[CH3-].[CH3-].[CH3-].[CH3-].[CH3-].[CH3-].[CH3-].[CH3-].[CH3-].[CH3-].[CH3-].[CH3-].[CH3-].[CH3-].[CH3-].[CH3-].[U+2].[U+2].[U+2].[U+2].[U+2].[U+2]. The van der Waals surface area contributed by atoms with Gasteiger partial charge in [-0.3, -0.25) is 0 Å². The summed E-state index contributed by atoms with van der Waals surface area (Å²) >= 11 is 0. The van der Waals surface area contributed by atoms with Gasteiger partial charge >= 0.3 is 187 Å². The Balaban J connectivity index is -0.00000000308. The minimum Gasteiger partial charge on any atom is -0.786 e. The Labute approximate surface area is 516 Å². The van der Waals surface area contributed by atoms with E-state index in [0.717, 1.165) is 0 Å². The molecule has 18 nitrogen and oxygen atoms in total. The van der Waals surface area contributed by atoms with Crippen molar-refractivity contribution in [3.63, 3.8) is 0 Å². The van der Waals surface area contributed by atoms with Crippen LogP contribution in [0.15, 0.2) is 0 Å². The summed E-state index contributed by atoms with van der Waals surface area (Å²) in [6.45, 7) is 0. The van der Waals surface area contributed by atoms with Gasteiger partial charge in [-0.2, -0.15) is 0 Å². The number of hydrogen-bond donors (Lipinski definition) is 0. The van der Waals surface area contributed by atoms with Gasteiger partial charge in [0.25, 0.3) is 0 Å². The van der Waals surface area contributed by atoms with Gasteiger partial charge in [-0.1, -0.05) is 0 Å². The fourth-order valence-electron chi connectivity index (χ4n) is 0. The van der Waals surface area contributed by atoms with Crippen molar-refractivity contribution < 1.29 is 298 Å². The van der Waals surface area contributed by atoms with Gasteiger partial charge in [-0.05, 0) is 0 Å². The van der Waals surface area contributed by atoms with Crippen LogP contribution in [0.2, 0.25) is 0 Å². The minimum absolute atomic E-state index is 0. The van der Waals surface area contributed by atoms with Gasteiger partial charge in [0, 0.05) is 0 Å². The first-order valence-corrected chi connectivity index (χ1v) is 12.9. The first kappa shape index (κ1) is 305. The third-order valence-corrected chi connectivity index (χ3v) is 0. The summed E-state index contributed by atoms with van der Waals surface area (Å²) in [7, 11) is -33.8. The third kappa shape index (κ3) is 5720. The Bertz CT molecular complexity index is 555. The zero-order valence-corrected chi connectivity index (χ0v) is 69.6. The number of halogens is 6. The van der Waals surface area contributed by atoms with E-state index < -0.39 is 47.4 Å². The van der Waals surface area contributed by atoms with Gasteiger partial charge in [0.1, 0.15) is 47.4 Å². The van der Waals surface area contributed by atoms with Crippen molar-refractivity contribution in [1.82, 2.24) is 0 Å². The molecule has 396 valence electrons. The second kappa shape index (κ2) is 151. The van der Waals surface area contributed by atoms with Crippen LogP contribution in [-0.2, 0) is 27.4 Å². The molecule has 0 bridgehead atoms. The van der Waals surface area contributed by atoms with Crippen molar-refractivity contribution in [1.29, 1.82) is 0 Å². The van der Waals surface area contributed by atoms with Crippen LogP contribution < -0.4 is 58.7 Å². The smallest absolute Gasteiger partial charge is 0.786 e. The molecule has 0 unspecified atom stereocenters. The van der Waals surface area contributed by atoms with Gasteiger partial charge in [-0.25, -0.2) is 25.2 Å². The van der Waals surface area contributed by atoms with Crippen LogP contribution in [0.5, 0.6) is 0 Å². The quantitative estimate of drug-likeness (QED) is 0.190. The average molecular weight is 2380 g/mol. The molecule has 0 saturated carbocycles. The van der Waals surface area contributed by atoms with Crippen molar-refractivity contribution >= 4 is 47.4 Å². The van der Waals surface area contributed by atoms with E-state index in [1.807, 2.05) is 0 Å². The predicted octanol–water partition coefficient (Wildman–Crippen LogP) is 3.51. The molecule has 0 saturated heterocycles. The molecular formula is C24H72F6O18P6U6-24. The first-order chi connectivity index (χ1) is 12.0. The molecule has 0 aromatic carbocycles. The summed E-state index contributed by atoms with van der Waals surface area (Å²) in [5.74, 6) is 0. The van der Waals surface area contributed by atoms with Crippen molar-refractivity contribution in [2.75, 3.05) is 0 Å². The molecule has 0 aliphatic heterocycles. The van der Waals surface area contributed by atoms with E-state index >= 15 is 0 Å². The Kier molecular flexibility index (Phi) is 767. The normalized spacial score (nSPS) is 5.90. The molecule has 0 rings (SSSR count). The molecule has 0 amide bonds. The first-order valence-electron chi connectivity index (χ1n) is 4.30. The van der Waals surface area contributed by atoms with Gasteiger partial charge in [0.15, 0.2) is 0 Å². The van der Waals surface area contributed by atoms with E-state index in [1.54, 1.807) is 0 Å². The van der Waals surface area contributed by atoms with E-state index in [1.165, 1.54) is 0 Å². The van der Waals surface area contributed by atoms with Crippen LogP contribution in [-0.4, -0.2) is 0 Å². The van der Waals surface area contributed by atoms with E-state index in [0.29, 0.717) is 0 Å². The summed E-state index contributed by atoms with van der Waals surface area (Å²) in [5, 5.41) is 0. The Hall–Kier alpha value is 6.79. The Morgan fingerprint density at radius 3 is 0.167 bits per heavy atom. The number of hydrogen-bond acceptors (Lipinski definition) is 18. The fourth-order valence-corrected chi connectivity index (χ4v) is 0. The third-order valence-electron chi connectivity index (χ3n) is 0. The summed E-state index contributed by atoms with van der Waals surface area (Å²) in [5.41, 5.74) is 0. The molecule has 60 heavy (non-hydrogen) atoms. The van der Waals surface area contributed by atoms with Gasteiger partial charge in [0.2, 0.25) is 0 Å². The molecule has 36 heteroatoms. The predicted molar refractivity (Wildman–Crippen MR) is 206 cm³/mol. The zero-order chi connectivity index (χ0) is 27.0. The maximum Gasteiger partial charge on any atom is 2.00 e. The second-order valence-electron chi connectivity index (χ2n) is 2.58. The van der Waals surface area contributed by atoms with Crippen molar-refractivity contribution in [2.24, 2.45) is 0 Å². The summed E-state index contributed by atoms with van der Waals surface area (Å²) in [4.78, 5) is 101. The van der Waals surface area contributed by atoms with Crippen molar-refractivity contribution in [3.05, 3.63) is 178 Å². The van der Waals surface area contributed by atoms with E-state index in [9.17, 15) is 25.2 Å². The second-order valence-corrected chi connectivity index (χ2v) is 7.75. The average Bonchev–Trinajstić information content (AvgIpc) is 1.94. The Morgan fingerprint density at radius 2 is 0.167 bits per heavy atom. The van der Waals surface area contributed by atoms with Crippen LogP contribution in [0.1, 0.15) is 0 Å². The summed E-state index contributed by atoms with van der Waals surface area (Å²) in [6.07, 6.45) is 0. The van der Waals surface area contributed by atoms with Crippen LogP contribution >= 0.6 is 47.4 Å². The topological polar surface area (TPSA) is 379 Å². The molecule has 0 N–H and O–H groups in total. The van der Waals surface area contributed by atoms with Crippen LogP contribution in [0.25, 0.3) is 0 Å². The molecule has 0 aromatic heterocycles. The van der Waals surface area contributed by atoms with Crippen molar-refractivity contribution in [3.8, 4) is 0 Å². The fraction of sp³-hybridized carbons (Fsp3) is 0. The van der Waals surface area contributed by atoms with E-state index in [-0.39, 0.29) is 365 Å². The van der Waals surface area contributed by atoms with Gasteiger partial charge in [-0.15, -0.1) is 0 Å². The summed E-state index contributed by atoms with van der Waals surface area (Å²) in [6, 6.07) is 0. The largest absolute Gasteiger partial charge is 2.00 e. The zero-order valence-electron chi connectivity index (χ0n) is 39.3. The minimum atomic E-state index is -5.64. The van der Waals surface area contributed by atoms with Gasteiger partial charge < -0.3 is 264 Å². The van der Waals surface area contributed by atoms with Gasteiger partial charge in [0.05, 0.1) is 0 Å². The molecule has 0 aliphatic rings. The standard InChI is InChI=1S/24CH3.6FH2O3P.6U/c;;;;;;;;;;;;;;;;;;;;;;;;6*1-5(2,3)4;;;;;;/h24*1H3;6*(H2,2,3,4);;;;;;/q24*-1;;;;;;;6*+2/p-12. The van der Waals surface area contributed by atoms with E-state index in [2.05, 4.69) is 0 Å². The molecule has 0 spiro atoms. The van der Waals surface area contributed by atoms with Crippen LogP contribution in [0, 0.1) is 365 Å².